The Bertz CT molecular complexity index is 1120. The van der Waals surface area contributed by atoms with E-state index in [1.807, 2.05) is 0 Å². The summed E-state index contributed by atoms with van der Waals surface area (Å²) in [5.74, 6) is -9.80. The van der Waals surface area contributed by atoms with E-state index in [0.29, 0.717) is 0 Å². The van der Waals surface area contributed by atoms with Crippen LogP contribution in [-0.2, 0) is 30.6 Å². The SMILES string of the molecule is O=C(/C=C(\O)C(F)(F)c1cc(C(F)(F)F)cc(C(F)(F)F)c1)c1cc(C(F)(F)F)cc(C(F)(F)F)c1.[Ce]. The van der Waals surface area contributed by atoms with Gasteiger partial charge >= 0.3 is 30.6 Å². The van der Waals surface area contributed by atoms with Gasteiger partial charge in [0.05, 0.1) is 22.3 Å². The molecule has 0 spiro atoms. The van der Waals surface area contributed by atoms with Crippen LogP contribution >= 0.6 is 0 Å². The van der Waals surface area contributed by atoms with E-state index in [0.717, 1.165) is 0 Å². The molecule has 202 valence electrons. The molecule has 37 heavy (non-hydrogen) atoms. The standard InChI is InChI=1S/C20H8F14O2.Ce/c21-16(22,9-3-12(19(29,30)31)6-13(4-9)20(32,33)34)15(36)7-14(35)8-1-10(17(23,24)25)5-11(2-8)18(26,27)28;/h1-7,36H;/b15-7-;. The summed E-state index contributed by atoms with van der Waals surface area (Å²) in [4.78, 5) is 12.1. The number of aliphatic hydroxyl groups is 1. The second kappa shape index (κ2) is 10.7. The van der Waals surface area contributed by atoms with Crippen molar-refractivity contribution in [2.24, 2.45) is 0 Å². The summed E-state index contributed by atoms with van der Waals surface area (Å²) >= 11 is 0. The molecular weight excluding hydrogens is 678 g/mol. The van der Waals surface area contributed by atoms with E-state index in [1.54, 1.807) is 0 Å². The third-order valence-electron chi connectivity index (χ3n) is 4.41. The summed E-state index contributed by atoms with van der Waals surface area (Å²) in [6.07, 6.45) is -22.7. The van der Waals surface area contributed by atoms with Gasteiger partial charge in [-0.2, -0.15) is 61.5 Å². The maximum absolute atomic E-state index is 14.5. The van der Waals surface area contributed by atoms with Crippen LogP contribution in [0.5, 0.6) is 0 Å². The molecule has 0 unspecified atom stereocenters. The zero-order valence-corrected chi connectivity index (χ0v) is 20.3. The van der Waals surface area contributed by atoms with E-state index >= 15 is 0 Å². The molecule has 0 saturated carbocycles. The number of aliphatic hydroxyl groups excluding tert-OH is 1. The van der Waals surface area contributed by atoms with Crippen molar-refractivity contribution in [1.82, 2.24) is 0 Å². The summed E-state index contributed by atoms with van der Waals surface area (Å²) in [7, 11) is 0. The molecule has 0 aliphatic carbocycles. The summed E-state index contributed by atoms with van der Waals surface area (Å²) in [6, 6.07) is -2.29. The molecule has 0 aromatic heterocycles. The molecule has 0 aliphatic rings. The summed E-state index contributed by atoms with van der Waals surface area (Å²) in [5.41, 5.74) is -12.1. The predicted octanol–water partition coefficient (Wildman–Crippen LogP) is 8.18. The minimum absolute atomic E-state index is 0. The van der Waals surface area contributed by atoms with E-state index in [-0.39, 0.29) is 53.9 Å². The second-order valence-corrected chi connectivity index (χ2v) is 7.06. The van der Waals surface area contributed by atoms with Gasteiger partial charge in [0.2, 0.25) is 0 Å². The largest absolute Gasteiger partial charge is 0.506 e. The van der Waals surface area contributed by atoms with Crippen LogP contribution in [0.4, 0.5) is 61.5 Å². The van der Waals surface area contributed by atoms with Gasteiger partial charge in [-0.1, -0.05) is 0 Å². The van der Waals surface area contributed by atoms with Gasteiger partial charge in [-0.3, -0.25) is 4.79 Å². The van der Waals surface area contributed by atoms with Crippen molar-refractivity contribution >= 4 is 5.78 Å². The van der Waals surface area contributed by atoms with Gasteiger partial charge in [0.15, 0.2) is 11.5 Å². The molecule has 1 N–H and O–H groups in total. The fraction of sp³-hybridized carbons (Fsp3) is 0.250. The maximum atomic E-state index is 14.5. The number of hydrogen-bond acceptors (Lipinski definition) is 2. The number of carbonyl (C=O) groups is 1. The van der Waals surface area contributed by atoms with Gasteiger partial charge in [-0.25, -0.2) is 0 Å². The van der Waals surface area contributed by atoms with Crippen LogP contribution in [-0.4, -0.2) is 10.9 Å². The zero-order valence-electron chi connectivity index (χ0n) is 17.2. The number of rotatable bonds is 4. The quantitative estimate of drug-likeness (QED) is 0.153. The average molecular weight is 686 g/mol. The number of hydrogen-bond donors (Lipinski definition) is 1. The first-order chi connectivity index (χ1) is 15.9. The van der Waals surface area contributed by atoms with Crippen LogP contribution in [0.15, 0.2) is 48.2 Å². The van der Waals surface area contributed by atoms with E-state index in [4.69, 9.17) is 0 Å². The number of halogens is 14. The Kier molecular flexibility index (Phi) is 9.53. The second-order valence-electron chi connectivity index (χ2n) is 7.06. The van der Waals surface area contributed by atoms with Crippen LogP contribution in [0.3, 0.4) is 0 Å². The van der Waals surface area contributed by atoms with Crippen molar-refractivity contribution < 1.29 is 113 Å². The van der Waals surface area contributed by atoms with Gasteiger partial charge in [-0.15, -0.1) is 0 Å². The first-order valence-electron chi connectivity index (χ1n) is 8.86. The third kappa shape index (κ3) is 8.02. The van der Waals surface area contributed by atoms with Gasteiger partial charge < -0.3 is 5.11 Å². The average Bonchev–Trinajstić information content (AvgIpc) is 2.70. The Hall–Kier alpha value is -1.95. The molecule has 0 bridgehead atoms. The normalized spacial score (nSPS) is 13.8. The van der Waals surface area contributed by atoms with Crippen molar-refractivity contribution in [1.29, 1.82) is 0 Å². The van der Waals surface area contributed by atoms with Gasteiger partial charge in [0.25, 0.3) is 0 Å². The molecule has 2 aromatic rings. The van der Waals surface area contributed by atoms with Crippen LogP contribution < -0.4 is 0 Å². The minimum atomic E-state index is -5.58. The molecular formula is C20H8CeF14O2. The van der Waals surface area contributed by atoms with Crippen LogP contribution in [0.25, 0.3) is 0 Å². The molecule has 0 aliphatic heterocycles. The van der Waals surface area contributed by atoms with E-state index in [1.165, 1.54) is 0 Å². The number of allylic oxidation sites excluding steroid dienone is 2. The van der Waals surface area contributed by atoms with E-state index < -0.39 is 106 Å². The van der Waals surface area contributed by atoms with Crippen molar-refractivity contribution in [2.45, 2.75) is 30.6 Å². The molecule has 0 amide bonds. The van der Waals surface area contributed by atoms with Gasteiger partial charge in [0.1, 0.15) is 0 Å². The molecule has 2 rings (SSSR count). The number of ketones is 1. The minimum Gasteiger partial charge on any atom is -0.506 e. The van der Waals surface area contributed by atoms with Gasteiger partial charge in [0, 0.05) is 59.0 Å². The van der Waals surface area contributed by atoms with Crippen molar-refractivity contribution in [2.75, 3.05) is 0 Å². The summed E-state index contributed by atoms with van der Waals surface area (Å²) < 4.78 is 184. The fourth-order valence-electron chi connectivity index (χ4n) is 2.68. The summed E-state index contributed by atoms with van der Waals surface area (Å²) in [6.45, 7) is 0. The third-order valence-corrected chi connectivity index (χ3v) is 4.41. The smallest absolute Gasteiger partial charge is 0.416 e. The first-order valence-corrected chi connectivity index (χ1v) is 8.86. The molecule has 0 heterocycles. The monoisotopic (exact) mass is 686 g/mol. The predicted molar refractivity (Wildman–Crippen MR) is 91.8 cm³/mol. The zero-order chi connectivity index (χ0) is 28.1. The van der Waals surface area contributed by atoms with Crippen molar-refractivity contribution in [3.05, 3.63) is 81.6 Å². The molecule has 2 nitrogen and oxygen atoms in total. The molecule has 0 saturated heterocycles. The Morgan fingerprint density at radius 2 is 0.811 bits per heavy atom. The Morgan fingerprint density at radius 1 is 0.541 bits per heavy atom. The molecule has 0 atom stereocenters. The molecule has 17 heteroatoms. The number of benzene rings is 2. The summed E-state index contributed by atoms with van der Waals surface area (Å²) in [5, 5.41) is 9.59. The van der Waals surface area contributed by atoms with E-state index in [9.17, 15) is 71.4 Å². The molecule has 2 aromatic carbocycles. The Morgan fingerprint density at radius 3 is 1.11 bits per heavy atom. The Labute approximate surface area is 230 Å². The Balaban J connectivity index is 0.00000684. The number of carbonyl (C=O) groups excluding carboxylic acids is 1. The molecule has 0 radical (unpaired) electrons. The molecule has 0 fully saturated rings. The fourth-order valence-corrected chi connectivity index (χ4v) is 2.68. The van der Waals surface area contributed by atoms with Crippen LogP contribution in [0.1, 0.15) is 38.2 Å². The van der Waals surface area contributed by atoms with Crippen LogP contribution in [0, 0.1) is 41.7 Å². The number of alkyl halides is 14. The van der Waals surface area contributed by atoms with Crippen LogP contribution in [0.2, 0.25) is 0 Å². The first kappa shape index (κ1) is 33.1. The van der Waals surface area contributed by atoms with E-state index in [2.05, 4.69) is 0 Å². The van der Waals surface area contributed by atoms with Gasteiger partial charge in [-0.05, 0) is 36.4 Å². The maximum Gasteiger partial charge on any atom is 0.416 e. The van der Waals surface area contributed by atoms with Crippen molar-refractivity contribution in [3.63, 3.8) is 0 Å². The topological polar surface area (TPSA) is 37.3 Å². The van der Waals surface area contributed by atoms with Crippen molar-refractivity contribution in [3.8, 4) is 0 Å².